The number of hydrogen-bond donors (Lipinski definition) is 0. The van der Waals surface area contributed by atoms with E-state index < -0.39 is 0 Å². The first-order valence-corrected chi connectivity index (χ1v) is 21.1. The summed E-state index contributed by atoms with van der Waals surface area (Å²) in [6.07, 6.45) is 8.61. The Labute approximate surface area is 311 Å². The van der Waals surface area contributed by atoms with Crippen molar-refractivity contribution < 1.29 is 9.30 Å². The number of anilines is 2. The number of hydrogen-bond acceptors (Lipinski definition) is 7. The van der Waals surface area contributed by atoms with Gasteiger partial charge in [-0.05, 0) is 96.8 Å². The molecule has 3 saturated heterocycles. The maximum Gasteiger partial charge on any atom is 0.155 e. The highest BCUT2D eigenvalue weighted by Crippen LogP contribution is 2.45. The van der Waals surface area contributed by atoms with Crippen LogP contribution in [0.4, 0.5) is 11.4 Å². The second-order valence-electron chi connectivity index (χ2n) is 17.6. The van der Waals surface area contributed by atoms with Gasteiger partial charge in [-0.2, -0.15) is 0 Å². The van der Waals surface area contributed by atoms with Crippen LogP contribution in [-0.4, -0.2) is 99.1 Å². The van der Waals surface area contributed by atoms with E-state index in [4.69, 9.17) is 9.72 Å². The standard InChI is InChI=1S/C43H66N5O2P/c1-9-43(29-50-30-43)28-45-15-17-47(18-16-45)35-11-10-33(6)37(24-35)39(26-42(7,8)14-23-51-49)40(31(2)3)38-25-36(27-44-41(38)32(4)5)48-21-19-46(20-22-48)34-12-13-34/h10-11,24-25,27,31-32,34H,9,12-23,26,28-30H2,1-8H3/b40-39+. The van der Waals surface area contributed by atoms with E-state index in [9.17, 15) is 4.57 Å². The molecule has 0 bridgehead atoms. The Morgan fingerprint density at radius 3 is 2.16 bits per heavy atom. The fourth-order valence-corrected chi connectivity index (χ4v) is 9.44. The third-order valence-corrected chi connectivity index (χ3v) is 12.7. The Kier molecular flexibility index (Phi) is 12.3. The van der Waals surface area contributed by atoms with E-state index in [-0.39, 0.29) is 13.9 Å². The lowest BCUT2D eigenvalue weighted by Gasteiger charge is -2.46. The summed E-state index contributed by atoms with van der Waals surface area (Å²) in [5, 5.41) is 0. The van der Waals surface area contributed by atoms with Crippen molar-refractivity contribution in [3.8, 4) is 0 Å². The van der Waals surface area contributed by atoms with E-state index in [1.54, 1.807) is 0 Å². The highest BCUT2D eigenvalue weighted by atomic mass is 31.1. The predicted molar refractivity (Wildman–Crippen MR) is 216 cm³/mol. The average molecular weight is 716 g/mol. The van der Waals surface area contributed by atoms with Crippen molar-refractivity contribution in [2.24, 2.45) is 16.7 Å². The molecule has 280 valence electrons. The molecule has 1 saturated carbocycles. The van der Waals surface area contributed by atoms with Crippen molar-refractivity contribution in [2.75, 3.05) is 88.1 Å². The average Bonchev–Trinajstić information content (AvgIpc) is 3.95. The summed E-state index contributed by atoms with van der Waals surface area (Å²) >= 11 is 0. The van der Waals surface area contributed by atoms with Crippen molar-refractivity contribution >= 4 is 31.0 Å². The van der Waals surface area contributed by atoms with E-state index in [0.29, 0.717) is 23.4 Å². The maximum atomic E-state index is 11.7. The molecule has 4 aliphatic rings. The molecule has 0 amide bonds. The van der Waals surface area contributed by atoms with Gasteiger partial charge in [0, 0.05) is 87.8 Å². The quantitative estimate of drug-likeness (QED) is 0.171. The van der Waals surface area contributed by atoms with Crippen LogP contribution >= 0.6 is 8.46 Å². The van der Waals surface area contributed by atoms with Crippen molar-refractivity contribution in [1.29, 1.82) is 0 Å². The van der Waals surface area contributed by atoms with Gasteiger partial charge in [0.2, 0.25) is 0 Å². The molecule has 1 aromatic carbocycles. The molecular weight excluding hydrogens is 649 g/mol. The number of nitrogens with zero attached hydrogens (tertiary/aromatic N) is 5. The minimum atomic E-state index is -0.0103. The lowest BCUT2D eigenvalue weighted by Crippen LogP contribution is -2.55. The van der Waals surface area contributed by atoms with Gasteiger partial charge in [0.1, 0.15) is 0 Å². The van der Waals surface area contributed by atoms with E-state index in [1.807, 2.05) is 0 Å². The number of rotatable bonds is 15. The molecule has 6 rings (SSSR count). The third-order valence-electron chi connectivity index (χ3n) is 12.3. The van der Waals surface area contributed by atoms with Crippen LogP contribution in [0.1, 0.15) is 109 Å². The van der Waals surface area contributed by atoms with Gasteiger partial charge in [0.25, 0.3) is 0 Å². The van der Waals surface area contributed by atoms with Gasteiger partial charge < -0.3 is 14.5 Å². The van der Waals surface area contributed by atoms with E-state index in [1.165, 1.54) is 64.2 Å². The first-order valence-electron chi connectivity index (χ1n) is 20.1. The van der Waals surface area contributed by atoms with Crippen LogP contribution < -0.4 is 9.80 Å². The Hall–Kier alpha value is -2.31. The van der Waals surface area contributed by atoms with Crippen LogP contribution in [0.3, 0.4) is 0 Å². The van der Waals surface area contributed by atoms with Crippen molar-refractivity contribution in [1.82, 2.24) is 14.8 Å². The second-order valence-corrected chi connectivity index (χ2v) is 18.3. The molecule has 0 atom stereocenters. The van der Waals surface area contributed by atoms with Gasteiger partial charge in [-0.25, -0.2) is 0 Å². The van der Waals surface area contributed by atoms with Gasteiger partial charge in [-0.3, -0.25) is 19.3 Å². The molecule has 1 aromatic heterocycles. The SMILES string of the molecule is CCC1(CN2CCN(c3ccc(C)c(/C(CC(C)(C)CCP=O)=C(/c4cc(N5CCN(C6CC6)CC5)cnc4C(C)C)C(C)C)c3)CC2)COC1. The molecule has 0 spiro atoms. The molecule has 3 aliphatic heterocycles. The molecule has 7 nitrogen and oxygen atoms in total. The monoisotopic (exact) mass is 715 g/mol. The number of pyridine rings is 1. The van der Waals surface area contributed by atoms with Gasteiger partial charge in [0.15, 0.2) is 8.46 Å². The minimum Gasteiger partial charge on any atom is -0.380 e. The van der Waals surface area contributed by atoms with Gasteiger partial charge in [0.05, 0.1) is 30.8 Å². The molecule has 0 unspecified atom stereocenters. The summed E-state index contributed by atoms with van der Waals surface area (Å²) in [4.78, 5) is 15.8. The van der Waals surface area contributed by atoms with Crippen molar-refractivity contribution in [3.63, 3.8) is 0 Å². The van der Waals surface area contributed by atoms with Crippen LogP contribution in [0, 0.1) is 23.7 Å². The summed E-state index contributed by atoms with van der Waals surface area (Å²) in [6, 6.07) is 10.5. The topological polar surface area (TPSA) is 52.2 Å². The Bertz CT molecular complexity index is 1520. The number of allylic oxidation sites excluding steroid dienone is 2. The third kappa shape index (κ3) is 9.08. The second kappa shape index (κ2) is 16.4. The molecule has 1 aliphatic carbocycles. The van der Waals surface area contributed by atoms with Gasteiger partial charge in [-0.1, -0.05) is 54.5 Å². The maximum absolute atomic E-state index is 11.7. The first kappa shape index (κ1) is 38.4. The zero-order valence-corrected chi connectivity index (χ0v) is 34.0. The van der Waals surface area contributed by atoms with Crippen molar-refractivity contribution in [3.05, 3.63) is 52.8 Å². The molecule has 4 heterocycles. The van der Waals surface area contributed by atoms with Crippen LogP contribution in [0.2, 0.25) is 0 Å². The Morgan fingerprint density at radius 2 is 1.59 bits per heavy atom. The highest BCUT2D eigenvalue weighted by Gasteiger charge is 2.39. The minimum absolute atomic E-state index is 0.0103. The van der Waals surface area contributed by atoms with Gasteiger partial charge in [-0.15, -0.1) is 0 Å². The van der Waals surface area contributed by atoms with E-state index >= 15 is 0 Å². The van der Waals surface area contributed by atoms with Crippen LogP contribution in [0.15, 0.2) is 30.5 Å². The number of ether oxygens (including phenoxy) is 1. The fourth-order valence-electron chi connectivity index (χ4n) is 8.74. The molecule has 8 heteroatoms. The Morgan fingerprint density at radius 1 is 0.941 bits per heavy atom. The highest BCUT2D eigenvalue weighted by molar-refractivity contribution is 7.23. The summed E-state index contributed by atoms with van der Waals surface area (Å²) in [5.74, 6) is 0.618. The summed E-state index contributed by atoms with van der Waals surface area (Å²) in [6.45, 7) is 30.3. The lowest BCUT2D eigenvalue weighted by atomic mass is 9.75. The fraction of sp³-hybridized carbons (Fsp3) is 0.698. The first-order chi connectivity index (χ1) is 24.4. The number of piperazine rings is 2. The largest absolute Gasteiger partial charge is 0.380 e. The number of aryl methyl sites for hydroxylation is 1. The van der Waals surface area contributed by atoms with Crippen LogP contribution in [0.5, 0.6) is 0 Å². The van der Waals surface area contributed by atoms with Gasteiger partial charge >= 0.3 is 0 Å². The molecule has 0 radical (unpaired) electrons. The molecule has 51 heavy (non-hydrogen) atoms. The predicted octanol–water partition coefficient (Wildman–Crippen LogP) is 9.01. The summed E-state index contributed by atoms with van der Waals surface area (Å²) < 4.78 is 17.3. The smallest absolute Gasteiger partial charge is 0.155 e. The zero-order chi connectivity index (χ0) is 36.3. The van der Waals surface area contributed by atoms with E-state index in [0.717, 1.165) is 91.0 Å². The molecule has 0 N–H and O–H groups in total. The normalized spacial score (nSPS) is 21.1. The summed E-state index contributed by atoms with van der Waals surface area (Å²) in [5.41, 5.74) is 11.0. The Balaban J connectivity index is 1.38. The van der Waals surface area contributed by atoms with Crippen LogP contribution in [0.25, 0.3) is 11.1 Å². The van der Waals surface area contributed by atoms with E-state index in [2.05, 4.69) is 105 Å². The zero-order valence-electron chi connectivity index (χ0n) is 33.1. The molecule has 4 fully saturated rings. The van der Waals surface area contributed by atoms with Crippen molar-refractivity contribution in [2.45, 2.75) is 99.5 Å². The number of aromatic nitrogens is 1. The summed E-state index contributed by atoms with van der Waals surface area (Å²) in [7, 11) is 0.235. The van der Waals surface area contributed by atoms with Crippen LogP contribution in [-0.2, 0) is 9.30 Å². The lowest BCUT2D eigenvalue weighted by molar-refractivity contribution is -0.128. The molecule has 2 aromatic rings. The molecular formula is C43H66N5O2P. The number of benzene rings is 1.